The lowest BCUT2D eigenvalue weighted by atomic mass is 10.4. The second kappa shape index (κ2) is 0.890. The van der Waals surface area contributed by atoms with Gasteiger partial charge in [-0.05, 0) is 0 Å². The van der Waals surface area contributed by atoms with E-state index in [1.54, 1.807) is 0 Å². The van der Waals surface area contributed by atoms with Crippen molar-refractivity contribution in [1.82, 2.24) is 0 Å². The van der Waals surface area contributed by atoms with E-state index in [9.17, 15) is 0 Å². The molecule has 0 unspecified atom stereocenters. The minimum absolute atomic E-state index is 1.19. The van der Waals surface area contributed by atoms with Crippen molar-refractivity contribution in [2.75, 3.05) is 0 Å². The van der Waals surface area contributed by atoms with E-state index in [1.165, 1.54) is 17.5 Å². The third-order valence-corrected chi connectivity index (χ3v) is 1.28. The Kier molecular flexibility index (Phi) is 0.413. The Balaban J connectivity index is 2.73. The van der Waals surface area contributed by atoms with Gasteiger partial charge in [0.1, 0.15) is 0 Å². The fourth-order valence-electron chi connectivity index (χ4n) is 0.762. The lowest BCUT2D eigenvalue weighted by Gasteiger charge is -1.80. The molecule has 0 atom stereocenters. The van der Waals surface area contributed by atoms with Crippen LogP contribution < -0.4 is 0 Å². The van der Waals surface area contributed by atoms with Gasteiger partial charge in [-0.25, -0.2) is 0 Å². The Morgan fingerprint density at radius 3 is 3.14 bits per heavy atom. The molecule has 0 heteroatoms. The largest absolute Gasteiger partial charge is 0.181 e. The normalized spacial score (nSPS) is 13.1. The Labute approximate surface area is 42.8 Å². The molecule has 0 saturated carbocycles. The maximum absolute atomic E-state index is 3.12. The van der Waals surface area contributed by atoms with Crippen molar-refractivity contribution in [3.63, 3.8) is 0 Å². The van der Waals surface area contributed by atoms with Crippen molar-refractivity contribution in [1.29, 1.82) is 0 Å². The summed E-state index contributed by atoms with van der Waals surface area (Å²) >= 11 is 0. The molecule has 1 aromatic carbocycles. The molecule has 0 amide bonds. The fourth-order valence-corrected chi connectivity index (χ4v) is 0.762. The highest BCUT2D eigenvalue weighted by Gasteiger charge is 2.01. The molecule has 0 aromatic heterocycles. The van der Waals surface area contributed by atoms with E-state index >= 15 is 0 Å². The zero-order chi connectivity index (χ0) is 4.69. The van der Waals surface area contributed by atoms with Crippen LogP contribution in [-0.4, -0.2) is 0 Å². The van der Waals surface area contributed by atoms with Crippen LogP contribution in [0, 0.1) is 6.07 Å². The van der Waals surface area contributed by atoms with Gasteiger partial charge in [0.25, 0.3) is 0 Å². The highest BCUT2D eigenvalue weighted by atomic mass is 14.2. The second-order valence-electron chi connectivity index (χ2n) is 1.85. The Bertz CT molecular complexity index is 168. The molecule has 1 aromatic rings. The fraction of sp³-hybridized carbons (Fsp3) is 0.143. The first kappa shape index (κ1) is 3.25. The highest BCUT2D eigenvalue weighted by molar-refractivity contribution is 5.43. The first-order valence-corrected chi connectivity index (χ1v) is 2.45. The lowest BCUT2D eigenvalue weighted by Crippen LogP contribution is -1.49. The average Bonchev–Trinajstić information content (AvgIpc) is 2.41. The molecule has 0 spiro atoms. The van der Waals surface area contributed by atoms with Crippen LogP contribution in [0.1, 0.15) is 11.1 Å². The summed E-state index contributed by atoms with van der Waals surface area (Å²) in [5.41, 5.74) is 2.88. The maximum Gasteiger partial charge on any atom is -0.0712 e. The van der Waals surface area contributed by atoms with E-state index in [4.69, 9.17) is 0 Å². The minimum atomic E-state index is 1.19. The molecule has 0 N–H and O–H groups in total. The van der Waals surface area contributed by atoms with Gasteiger partial charge in [-0.3, -0.25) is 0 Å². The van der Waals surface area contributed by atoms with Gasteiger partial charge in [-0.15, -0.1) is 0 Å². The van der Waals surface area contributed by atoms with Crippen molar-refractivity contribution in [3.05, 3.63) is 35.4 Å². The van der Waals surface area contributed by atoms with Crippen molar-refractivity contribution in [2.24, 2.45) is 0 Å². The quantitative estimate of drug-likeness (QED) is 0.428. The summed E-state index contributed by atoms with van der Waals surface area (Å²) < 4.78 is 0. The third-order valence-electron chi connectivity index (χ3n) is 1.28. The zero-order valence-corrected chi connectivity index (χ0v) is 3.94. The predicted octanol–water partition coefficient (Wildman–Crippen LogP) is 1.39. The molecular formula is C7H5-. The minimum Gasteiger partial charge on any atom is -0.181 e. The standard InChI is InChI=1S/C7H5/c1-2-4-7-5-6(7)3-1/h1-3H,5H2/q-1. The van der Waals surface area contributed by atoms with E-state index in [2.05, 4.69) is 12.1 Å². The van der Waals surface area contributed by atoms with Crippen LogP contribution in [0.3, 0.4) is 0 Å². The maximum atomic E-state index is 3.12. The number of hydrogen-bond donors (Lipinski definition) is 0. The molecule has 1 aliphatic rings. The summed E-state index contributed by atoms with van der Waals surface area (Å²) in [6, 6.07) is 9.27. The number of hydrogen-bond acceptors (Lipinski definition) is 0. The number of rotatable bonds is 0. The van der Waals surface area contributed by atoms with Gasteiger partial charge in [0.05, 0.1) is 0 Å². The predicted molar refractivity (Wildman–Crippen MR) is 28.1 cm³/mol. The van der Waals surface area contributed by atoms with Crippen LogP contribution in [0.5, 0.6) is 0 Å². The SMILES string of the molecule is [c-]1cccc2c1C2. The Morgan fingerprint density at radius 2 is 2.57 bits per heavy atom. The molecule has 0 aliphatic heterocycles. The monoisotopic (exact) mass is 89.0 g/mol. The van der Waals surface area contributed by atoms with Crippen LogP contribution in [0.15, 0.2) is 18.2 Å². The lowest BCUT2D eigenvalue weighted by molar-refractivity contribution is 1.60. The van der Waals surface area contributed by atoms with Gasteiger partial charge < -0.3 is 0 Å². The molecule has 0 saturated heterocycles. The Morgan fingerprint density at radius 1 is 1.57 bits per heavy atom. The zero-order valence-electron chi connectivity index (χ0n) is 3.94. The van der Waals surface area contributed by atoms with E-state index < -0.39 is 0 Å². The molecule has 2 rings (SSSR count). The molecule has 1 aliphatic carbocycles. The summed E-state index contributed by atoms with van der Waals surface area (Å²) in [6.07, 6.45) is 1.19. The van der Waals surface area contributed by atoms with Gasteiger partial charge in [0, 0.05) is 0 Å². The first-order valence-electron chi connectivity index (χ1n) is 2.45. The van der Waals surface area contributed by atoms with Crippen LogP contribution in [0.25, 0.3) is 0 Å². The topological polar surface area (TPSA) is 0 Å². The van der Waals surface area contributed by atoms with Gasteiger partial charge in [0.15, 0.2) is 0 Å². The van der Waals surface area contributed by atoms with E-state index in [-0.39, 0.29) is 0 Å². The van der Waals surface area contributed by atoms with E-state index in [1.807, 2.05) is 12.1 Å². The molecule has 0 fully saturated rings. The molecule has 0 heterocycles. The summed E-state index contributed by atoms with van der Waals surface area (Å²) in [6.45, 7) is 0. The second-order valence-corrected chi connectivity index (χ2v) is 1.85. The summed E-state index contributed by atoms with van der Waals surface area (Å²) in [5.74, 6) is 0. The van der Waals surface area contributed by atoms with Gasteiger partial charge >= 0.3 is 0 Å². The van der Waals surface area contributed by atoms with Crippen molar-refractivity contribution in [3.8, 4) is 0 Å². The molecule has 0 nitrogen and oxygen atoms in total. The molecule has 0 radical (unpaired) electrons. The Hall–Kier alpha value is -0.780. The van der Waals surface area contributed by atoms with E-state index in [0.717, 1.165) is 0 Å². The number of benzene rings is 1. The van der Waals surface area contributed by atoms with Gasteiger partial charge in [-0.2, -0.15) is 35.4 Å². The average molecular weight is 89.1 g/mol. The van der Waals surface area contributed by atoms with Gasteiger partial charge in [-0.1, -0.05) is 6.42 Å². The molecule has 7 heavy (non-hydrogen) atoms. The molecule has 34 valence electrons. The first-order chi connectivity index (χ1) is 3.47. The van der Waals surface area contributed by atoms with Crippen LogP contribution in [0.4, 0.5) is 0 Å². The number of fused-ring (bicyclic) bond motifs is 1. The third kappa shape index (κ3) is 0.362. The van der Waals surface area contributed by atoms with Crippen LogP contribution in [-0.2, 0) is 6.42 Å². The van der Waals surface area contributed by atoms with Crippen LogP contribution in [0.2, 0.25) is 0 Å². The highest BCUT2D eigenvalue weighted by Crippen LogP contribution is 2.24. The molecular weight excluding hydrogens is 84.1 g/mol. The van der Waals surface area contributed by atoms with E-state index in [0.29, 0.717) is 0 Å². The summed E-state index contributed by atoms with van der Waals surface area (Å²) in [4.78, 5) is 0. The van der Waals surface area contributed by atoms with Crippen molar-refractivity contribution in [2.45, 2.75) is 6.42 Å². The smallest absolute Gasteiger partial charge is 0.0712 e. The van der Waals surface area contributed by atoms with Gasteiger partial charge in [0.2, 0.25) is 0 Å². The summed E-state index contributed by atoms with van der Waals surface area (Å²) in [7, 11) is 0. The van der Waals surface area contributed by atoms with Crippen molar-refractivity contribution < 1.29 is 0 Å². The summed E-state index contributed by atoms with van der Waals surface area (Å²) in [5, 5.41) is 0. The van der Waals surface area contributed by atoms with Crippen molar-refractivity contribution >= 4 is 0 Å². The molecule has 0 bridgehead atoms. The van der Waals surface area contributed by atoms with Crippen LogP contribution >= 0.6 is 0 Å².